The summed E-state index contributed by atoms with van der Waals surface area (Å²) in [6.07, 6.45) is 4.68. The molecule has 0 spiro atoms. The molecule has 1 aliphatic rings. The molecule has 0 saturated carbocycles. The molecule has 1 saturated heterocycles. The summed E-state index contributed by atoms with van der Waals surface area (Å²) in [4.78, 5) is 16.5. The van der Waals surface area contributed by atoms with Gasteiger partial charge in [0.2, 0.25) is 5.91 Å². The number of anilines is 1. The molecule has 0 aromatic heterocycles. The number of amides is 1. The molecule has 2 aromatic carbocycles. The first-order valence-corrected chi connectivity index (χ1v) is 8.50. The molecule has 2 aromatic rings. The summed E-state index contributed by atoms with van der Waals surface area (Å²) < 4.78 is 0. The molecule has 1 fully saturated rings. The highest BCUT2D eigenvalue weighted by atomic mass is 16.2. The van der Waals surface area contributed by atoms with Crippen molar-refractivity contribution < 1.29 is 4.79 Å². The molecule has 124 valence electrons. The van der Waals surface area contributed by atoms with Gasteiger partial charge >= 0.3 is 0 Å². The quantitative estimate of drug-likeness (QED) is 0.785. The van der Waals surface area contributed by atoms with Crippen molar-refractivity contribution in [3.63, 3.8) is 0 Å². The third-order valence-electron chi connectivity index (χ3n) is 4.53. The van der Waals surface area contributed by atoms with Gasteiger partial charge in [-0.15, -0.1) is 0 Å². The topological polar surface area (TPSA) is 23.6 Å². The van der Waals surface area contributed by atoms with Gasteiger partial charge in [0.05, 0.1) is 0 Å². The molecule has 1 unspecified atom stereocenters. The van der Waals surface area contributed by atoms with Crippen LogP contribution in [0.5, 0.6) is 0 Å². The van der Waals surface area contributed by atoms with E-state index in [1.807, 2.05) is 54.4 Å². The minimum atomic E-state index is 0.0667. The summed E-state index contributed by atoms with van der Waals surface area (Å²) in [5.41, 5.74) is 2.33. The number of likely N-dealkylation sites (N-methyl/N-ethyl adjacent to an activating group) is 1. The van der Waals surface area contributed by atoms with Crippen LogP contribution < -0.4 is 4.90 Å². The van der Waals surface area contributed by atoms with Gasteiger partial charge in [-0.3, -0.25) is 4.79 Å². The minimum absolute atomic E-state index is 0.0667. The lowest BCUT2D eigenvalue weighted by Gasteiger charge is -2.21. The normalized spacial score (nSPS) is 17.4. The zero-order valence-electron chi connectivity index (χ0n) is 14.1. The Balaban J connectivity index is 1.51. The molecule has 1 heterocycles. The Morgan fingerprint density at radius 1 is 1.12 bits per heavy atom. The molecule has 3 heteroatoms. The van der Waals surface area contributed by atoms with Crippen LogP contribution in [0.25, 0.3) is 6.08 Å². The van der Waals surface area contributed by atoms with Crippen LogP contribution in [0.1, 0.15) is 12.0 Å². The molecule has 1 aliphatic heterocycles. The molecular weight excluding hydrogens is 296 g/mol. The standard InChI is InChI=1S/C21H24N2O/c1-22(21(24)13-12-18-8-4-2-5-9-18)16-19-14-15-23(17-19)20-10-6-3-7-11-20/h2-13,19H,14-17H2,1H3/b13-12+. The van der Waals surface area contributed by atoms with E-state index >= 15 is 0 Å². The molecule has 0 N–H and O–H groups in total. The van der Waals surface area contributed by atoms with E-state index in [1.165, 1.54) is 5.69 Å². The van der Waals surface area contributed by atoms with E-state index in [-0.39, 0.29) is 5.91 Å². The van der Waals surface area contributed by atoms with Gasteiger partial charge < -0.3 is 9.80 Å². The Kier molecular flexibility index (Phi) is 5.32. The molecule has 24 heavy (non-hydrogen) atoms. The van der Waals surface area contributed by atoms with Gasteiger partial charge in [-0.2, -0.15) is 0 Å². The third kappa shape index (κ3) is 4.25. The number of nitrogens with zero attached hydrogens (tertiary/aromatic N) is 2. The van der Waals surface area contributed by atoms with Crippen molar-refractivity contribution in [2.45, 2.75) is 6.42 Å². The van der Waals surface area contributed by atoms with Crippen molar-refractivity contribution in [2.24, 2.45) is 5.92 Å². The van der Waals surface area contributed by atoms with Crippen LogP contribution in [0.4, 0.5) is 5.69 Å². The van der Waals surface area contributed by atoms with Gasteiger partial charge in [0, 0.05) is 38.4 Å². The van der Waals surface area contributed by atoms with Gasteiger partial charge in [0.1, 0.15) is 0 Å². The number of carbonyl (C=O) groups excluding carboxylic acids is 1. The van der Waals surface area contributed by atoms with Crippen molar-refractivity contribution in [3.05, 3.63) is 72.3 Å². The van der Waals surface area contributed by atoms with E-state index in [9.17, 15) is 4.79 Å². The van der Waals surface area contributed by atoms with Crippen molar-refractivity contribution in [1.82, 2.24) is 4.90 Å². The van der Waals surface area contributed by atoms with E-state index in [4.69, 9.17) is 0 Å². The monoisotopic (exact) mass is 320 g/mol. The lowest BCUT2D eigenvalue weighted by atomic mass is 10.1. The maximum absolute atomic E-state index is 12.3. The molecule has 0 bridgehead atoms. The third-order valence-corrected chi connectivity index (χ3v) is 4.53. The first-order valence-electron chi connectivity index (χ1n) is 8.50. The Hall–Kier alpha value is -2.55. The second kappa shape index (κ2) is 7.82. The van der Waals surface area contributed by atoms with Gasteiger partial charge in [0.15, 0.2) is 0 Å². The van der Waals surface area contributed by atoms with Crippen molar-refractivity contribution in [1.29, 1.82) is 0 Å². The smallest absolute Gasteiger partial charge is 0.246 e. The van der Waals surface area contributed by atoms with Gasteiger partial charge in [0.25, 0.3) is 0 Å². The van der Waals surface area contributed by atoms with Crippen molar-refractivity contribution in [2.75, 3.05) is 31.6 Å². The number of carbonyl (C=O) groups is 1. The minimum Gasteiger partial charge on any atom is -0.371 e. The summed E-state index contributed by atoms with van der Waals surface area (Å²) in [6, 6.07) is 20.4. The van der Waals surface area contributed by atoms with Gasteiger partial charge in [-0.1, -0.05) is 48.5 Å². The highest BCUT2D eigenvalue weighted by molar-refractivity contribution is 5.91. The predicted octanol–water partition coefficient (Wildman–Crippen LogP) is 3.68. The number of hydrogen-bond acceptors (Lipinski definition) is 2. The molecule has 0 radical (unpaired) electrons. The average Bonchev–Trinajstić information content (AvgIpc) is 3.10. The fourth-order valence-electron chi connectivity index (χ4n) is 3.19. The summed E-state index contributed by atoms with van der Waals surface area (Å²) in [5.74, 6) is 0.598. The first kappa shape index (κ1) is 16.3. The molecule has 1 atom stereocenters. The van der Waals surface area contributed by atoms with Gasteiger partial charge in [-0.25, -0.2) is 0 Å². The number of para-hydroxylation sites is 1. The maximum atomic E-state index is 12.3. The van der Waals surface area contributed by atoms with E-state index in [1.54, 1.807) is 6.08 Å². The molecule has 0 aliphatic carbocycles. The second-order valence-electron chi connectivity index (χ2n) is 6.40. The van der Waals surface area contributed by atoms with Gasteiger partial charge in [-0.05, 0) is 36.1 Å². The molecule has 3 nitrogen and oxygen atoms in total. The Bertz CT molecular complexity index is 681. The number of rotatable bonds is 5. The SMILES string of the molecule is CN(CC1CCN(c2ccccc2)C1)C(=O)/C=C/c1ccccc1. The van der Waals surface area contributed by atoms with Crippen LogP contribution >= 0.6 is 0 Å². The molecule has 3 rings (SSSR count). The lowest BCUT2D eigenvalue weighted by Crippen LogP contribution is -2.32. The predicted molar refractivity (Wildman–Crippen MR) is 99.9 cm³/mol. The summed E-state index contributed by atoms with van der Waals surface area (Å²) in [7, 11) is 1.89. The fraction of sp³-hybridized carbons (Fsp3) is 0.286. The fourth-order valence-corrected chi connectivity index (χ4v) is 3.19. The van der Waals surface area contributed by atoms with Crippen molar-refractivity contribution >= 4 is 17.7 Å². The molecule has 1 amide bonds. The Morgan fingerprint density at radius 3 is 2.50 bits per heavy atom. The van der Waals surface area contributed by atoms with Crippen LogP contribution in [0.2, 0.25) is 0 Å². The largest absolute Gasteiger partial charge is 0.371 e. The van der Waals surface area contributed by atoms with Crippen LogP contribution in [0.3, 0.4) is 0 Å². The summed E-state index contributed by atoms with van der Waals surface area (Å²) in [5, 5.41) is 0. The highest BCUT2D eigenvalue weighted by Crippen LogP contribution is 2.23. The zero-order valence-corrected chi connectivity index (χ0v) is 14.1. The lowest BCUT2D eigenvalue weighted by molar-refractivity contribution is -0.125. The van der Waals surface area contributed by atoms with Crippen molar-refractivity contribution in [3.8, 4) is 0 Å². The van der Waals surface area contributed by atoms with E-state index in [0.717, 1.165) is 31.6 Å². The first-order chi connectivity index (χ1) is 11.7. The second-order valence-corrected chi connectivity index (χ2v) is 6.40. The van der Waals surface area contributed by atoms with Crippen LogP contribution in [0, 0.1) is 5.92 Å². The van der Waals surface area contributed by atoms with E-state index in [2.05, 4.69) is 29.2 Å². The summed E-state index contributed by atoms with van der Waals surface area (Å²) >= 11 is 0. The van der Waals surface area contributed by atoms with E-state index < -0.39 is 0 Å². The highest BCUT2D eigenvalue weighted by Gasteiger charge is 2.24. The molecular formula is C21H24N2O. The maximum Gasteiger partial charge on any atom is 0.246 e. The van der Waals surface area contributed by atoms with Crippen LogP contribution in [-0.2, 0) is 4.79 Å². The Labute approximate surface area is 144 Å². The summed E-state index contributed by atoms with van der Waals surface area (Å²) in [6.45, 7) is 2.89. The average molecular weight is 320 g/mol. The van der Waals surface area contributed by atoms with Crippen LogP contribution in [0.15, 0.2) is 66.7 Å². The Morgan fingerprint density at radius 2 is 1.79 bits per heavy atom. The van der Waals surface area contributed by atoms with E-state index in [0.29, 0.717) is 5.92 Å². The zero-order chi connectivity index (χ0) is 16.8. The number of hydrogen-bond donors (Lipinski definition) is 0. The van der Waals surface area contributed by atoms with Crippen LogP contribution in [-0.4, -0.2) is 37.5 Å². The number of benzene rings is 2.